The molecule has 0 bridgehead atoms. The van der Waals surface area contributed by atoms with Crippen molar-refractivity contribution >= 4 is 16.5 Å². The van der Waals surface area contributed by atoms with E-state index in [-0.39, 0.29) is 6.61 Å². The monoisotopic (exact) mass is 280 g/mol. The van der Waals surface area contributed by atoms with Crippen molar-refractivity contribution in [3.63, 3.8) is 0 Å². The molecule has 1 N–H and O–H groups in total. The van der Waals surface area contributed by atoms with Crippen molar-refractivity contribution < 1.29 is 9.84 Å². The van der Waals surface area contributed by atoms with Crippen LogP contribution >= 0.6 is 11.3 Å². The van der Waals surface area contributed by atoms with E-state index in [9.17, 15) is 5.11 Å². The van der Waals surface area contributed by atoms with Gasteiger partial charge in [-0.3, -0.25) is 0 Å². The fourth-order valence-electron chi connectivity index (χ4n) is 3.43. The summed E-state index contributed by atoms with van der Waals surface area (Å²) in [7, 11) is 0. The Kier molecular flexibility index (Phi) is 3.01. The number of anilines is 1. The van der Waals surface area contributed by atoms with E-state index in [4.69, 9.17) is 9.72 Å². The maximum absolute atomic E-state index is 9.52. The fourth-order valence-corrected chi connectivity index (χ4v) is 4.52. The van der Waals surface area contributed by atoms with Crippen LogP contribution in [0.4, 0.5) is 5.13 Å². The summed E-state index contributed by atoms with van der Waals surface area (Å²) in [5, 5.41) is 10.6. The number of aromatic nitrogens is 1. The number of aliphatic hydroxyl groups excluding tert-OH is 1. The molecule has 3 aliphatic rings. The Morgan fingerprint density at radius 2 is 2.21 bits per heavy atom. The van der Waals surface area contributed by atoms with Crippen molar-refractivity contribution in [3.05, 3.63) is 10.6 Å². The minimum atomic E-state index is 0.141. The molecule has 1 aromatic rings. The summed E-state index contributed by atoms with van der Waals surface area (Å²) in [6.07, 6.45) is 6.56. The first-order chi connectivity index (χ1) is 9.36. The highest BCUT2D eigenvalue weighted by atomic mass is 32.1. The van der Waals surface area contributed by atoms with Crippen molar-refractivity contribution in [1.29, 1.82) is 0 Å². The molecule has 0 aromatic carbocycles. The minimum Gasteiger partial charge on any atom is -0.391 e. The van der Waals surface area contributed by atoms with Crippen LogP contribution in [0.2, 0.25) is 0 Å². The Morgan fingerprint density at radius 3 is 3.00 bits per heavy atom. The molecular weight excluding hydrogens is 260 g/mol. The van der Waals surface area contributed by atoms with Crippen molar-refractivity contribution in [2.24, 2.45) is 0 Å². The summed E-state index contributed by atoms with van der Waals surface area (Å²) >= 11 is 1.69. The lowest BCUT2D eigenvalue weighted by molar-refractivity contribution is 0.0256. The first-order valence-corrected chi connectivity index (χ1v) is 8.17. The number of nitrogens with zero attached hydrogens (tertiary/aromatic N) is 2. The number of fused-ring (bicyclic) bond motifs is 1. The average Bonchev–Trinajstić information content (AvgIpc) is 3.02. The normalized spacial score (nSPS) is 30.7. The fraction of sp³-hybridized carbons (Fsp3) is 0.786. The Morgan fingerprint density at radius 1 is 1.32 bits per heavy atom. The molecule has 104 valence electrons. The molecule has 1 saturated heterocycles. The van der Waals surface area contributed by atoms with E-state index in [1.165, 1.54) is 37.8 Å². The number of rotatable bonds is 3. The van der Waals surface area contributed by atoms with Crippen LogP contribution in [-0.4, -0.2) is 35.4 Å². The van der Waals surface area contributed by atoms with Gasteiger partial charge in [0.25, 0.3) is 0 Å². The molecule has 2 saturated carbocycles. The van der Waals surface area contributed by atoms with Crippen LogP contribution in [0.25, 0.3) is 0 Å². The van der Waals surface area contributed by atoms with Crippen molar-refractivity contribution in [1.82, 2.24) is 4.98 Å². The predicted octanol–water partition coefficient (Wildman–Crippen LogP) is 2.27. The summed E-state index contributed by atoms with van der Waals surface area (Å²) < 4.78 is 5.86. The number of ether oxygens (including phenoxy) is 1. The van der Waals surface area contributed by atoms with Crippen LogP contribution in [-0.2, 0) is 11.3 Å². The molecule has 2 aliphatic carbocycles. The second kappa shape index (κ2) is 4.72. The molecule has 4 rings (SSSR count). The van der Waals surface area contributed by atoms with Gasteiger partial charge in [-0.2, -0.15) is 0 Å². The third kappa shape index (κ3) is 2.08. The van der Waals surface area contributed by atoms with Gasteiger partial charge >= 0.3 is 0 Å². The van der Waals surface area contributed by atoms with Gasteiger partial charge in [-0.25, -0.2) is 4.98 Å². The van der Waals surface area contributed by atoms with E-state index in [2.05, 4.69) is 4.90 Å². The SMILES string of the molecule is OCc1sc(N2CCOC3CCCC32)nc1C1CC1. The summed E-state index contributed by atoms with van der Waals surface area (Å²) in [6, 6.07) is 0.512. The number of hydrogen-bond donors (Lipinski definition) is 1. The zero-order valence-electron chi connectivity index (χ0n) is 11.0. The van der Waals surface area contributed by atoms with Gasteiger partial charge in [-0.15, -0.1) is 0 Å². The molecule has 19 heavy (non-hydrogen) atoms. The lowest BCUT2D eigenvalue weighted by Gasteiger charge is -2.37. The molecule has 0 spiro atoms. The highest BCUT2D eigenvalue weighted by Gasteiger charge is 2.38. The molecule has 2 atom stereocenters. The van der Waals surface area contributed by atoms with Crippen LogP contribution in [0.3, 0.4) is 0 Å². The average molecular weight is 280 g/mol. The second-order valence-electron chi connectivity index (χ2n) is 5.84. The standard InChI is InChI=1S/C14H20N2O2S/c17-8-12-13(9-4-5-9)15-14(19-12)16-6-7-18-11-3-1-2-10(11)16/h9-11,17H,1-8H2. The Hall–Kier alpha value is -0.650. The highest BCUT2D eigenvalue weighted by Crippen LogP contribution is 2.45. The minimum absolute atomic E-state index is 0.141. The van der Waals surface area contributed by atoms with Gasteiger partial charge in [0.2, 0.25) is 0 Å². The third-order valence-corrected chi connectivity index (χ3v) is 5.64. The van der Waals surface area contributed by atoms with Gasteiger partial charge in [0.05, 0.1) is 35.9 Å². The molecule has 4 nitrogen and oxygen atoms in total. The number of morpholine rings is 1. The molecule has 0 amide bonds. The zero-order valence-corrected chi connectivity index (χ0v) is 11.9. The van der Waals surface area contributed by atoms with Crippen molar-refractivity contribution in [2.45, 2.75) is 56.8 Å². The molecular formula is C14H20N2O2S. The number of thiazole rings is 1. The summed E-state index contributed by atoms with van der Waals surface area (Å²) in [5.74, 6) is 0.618. The Bertz CT molecular complexity index is 472. The Labute approximate surface area is 117 Å². The van der Waals surface area contributed by atoms with Gasteiger partial charge in [-0.1, -0.05) is 11.3 Å². The van der Waals surface area contributed by atoms with Gasteiger partial charge in [0.15, 0.2) is 5.13 Å². The number of hydrogen-bond acceptors (Lipinski definition) is 5. The summed E-state index contributed by atoms with van der Waals surface area (Å²) in [6.45, 7) is 1.90. The quantitative estimate of drug-likeness (QED) is 0.922. The highest BCUT2D eigenvalue weighted by molar-refractivity contribution is 7.15. The zero-order chi connectivity index (χ0) is 12.8. The van der Waals surface area contributed by atoms with Crippen LogP contribution in [0.15, 0.2) is 0 Å². The third-order valence-electron chi connectivity index (χ3n) is 4.55. The van der Waals surface area contributed by atoms with Crippen molar-refractivity contribution in [3.8, 4) is 0 Å². The van der Waals surface area contributed by atoms with Gasteiger partial charge in [-0.05, 0) is 32.1 Å². The van der Waals surface area contributed by atoms with E-state index in [0.29, 0.717) is 18.1 Å². The van der Waals surface area contributed by atoms with E-state index >= 15 is 0 Å². The molecule has 1 aliphatic heterocycles. The van der Waals surface area contributed by atoms with Crippen LogP contribution < -0.4 is 4.90 Å². The van der Waals surface area contributed by atoms with Gasteiger partial charge in [0.1, 0.15) is 0 Å². The largest absolute Gasteiger partial charge is 0.391 e. The van der Waals surface area contributed by atoms with Crippen LogP contribution in [0, 0.1) is 0 Å². The maximum atomic E-state index is 9.52. The molecule has 0 radical (unpaired) electrons. The van der Waals surface area contributed by atoms with Crippen molar-refractivity contribution in [2.75, 3.05) is 18.1 Å². The first-order valence-electron chi connectivity index (χ1n) is 7.35. The second-order valence-corrected chi connectivity index (χ2v) is 6.90. The number of aliphatic hydroxyl groups is 1. The first kappa shape index (κ1) is 12.1. The van der Waals surface area contributed by atoms with E-state index in [1.807, 2.05) is 0 Å². The summed E-state index contributed by atoms with van der Waals surface area (Å²) in [5.41, 5.74) is 1.17. The maximum Gasteiger partial charge on any atom is 0.186 e. The lowest BCUT2D eigenvalue weighted by Crippen LogP contribution is -2.48. The van der Waals surface area contributed by atoms with Crippen LogP contribution in [0.5, 0.6) is 0 Å². The van der Waals surface area contributed by atoms with Gasteiger partial charge in [0, 0.05) is 12.5 Å². The van der Waals surface area contributed by atoms with E-state index < -0.39 is 0 Å². The van der Waals surface area contributed by atoms with Gasteiger partial charge < -0.3 is 14.7 Å². The van der Waals surface area contributed by atoms with Crippen LogP contribution in [0.1, 0.15) is 48.6 Å². The topological polar surface area (TPSA) is 45.6 Å². The van der Waals surface area contributed by atoms with E-state index in [0.717, 1.165) is 23.2 Å². The molecule has 3 fully saturated rings. The smallest absolute Gasteiger partial charge is 0.186 e. The molecule has 1 aromatic heterocycles. The molecule has 2 heterocycles. The van der Waals surface area contributed by atoms with E-state index in [1.54, 1.807) is 11.3 Å². The predicted molar refractivity (Wildman–Crippen MR) is 74.7 cm³/mol. The lowest BCUT2D eigenvalue weighted by atomic mass is 10.1. The molecule has 5 heteroatoms. The molecule has 2 unspecified atom stereocenters. The summed E-state index contributed by atoms with van der Waals surface area (Å²) in [4.78, 5) is 8.38. The Balaban J connectivity index is 1.63.